The van der Waals surface area contributed by atoms with Gasteiger partial charge in [-0.05, 0) is 30.2 Å². The van der Waals surface area contributed by atoms with Crippen molar-refractivity contribution in [1.29, 1.82) is 0 Å². The number of halogens is 4. The van der Waals surface area contributed by atoms with E-state index >= 15 is 0 Å². The normalized spacial score (nSPS) is 13.0. The average Bonchev–Trinajstić information content (AvgIpc) is 2.42. The lowest BCUT2D eigenvalue weighted by atomic mass is 10.0. The third kappa shape index (κ3) is 4.48. The van der Waals surface area contributed by atoms with Gasteiger partial charge in [-0.25, -0.2) is 4.39 Å². The monoisotopic (exact) mass is 297 g/mol. The Morgan fingerprint density at radius 3 is 2.29 bits per heavy atom. The van der Waals surface area contributed by atoms with Gasteiger partial charge >= 0.3 is 6.18 Å². The molecule has 5 heteroatoms. The highest BCUT2D eigenvalue weighted by Crippen LogP contribution is 2.32. The van der Waals surface area contributed by atoms with Gasteiger partial charge in [-0.2, -0.15) is 13.2 Å². The van der Waals surface area contributed by atoms with E-state index in [1.165, 1.54) is 12.1 Å². The van der Waals surface area contributed by atoms with E-state index in [-0.39, 0.29) is 0 Å². The summed E-state index contributed by atoms with van der Waals surface area (Å²) in [5, 5.41) is 2.76. The molecular formula is C16H15F4N. The molecule has 1 atom stereocenters. The maximum Gasteiger partial charge on any atom is 0.391 e. The Morgan fingerprint density at radius 2 is 1.71 bits per heavy atom. The summed E-state index contributed by atoms with van der Waals surface area (Å²) in [4.78, 5) is 0. The summed E-state index contributed by atoms with van der Waals surface area (Å²) in [6.45, 7) is 1.60. The summed E-state index contributed by atoms with van der Waals surface area (Å²) in [6.07, 6.45) is -5.33. The summed E-state index contributed by atoms with van der Waals surface area (Å²) >= 11 is 0. The molecule has 0 aliphatic carbocycles. The van der Waals surface area contributed by atoms with Crippen LogP contribution in [0.25, 0.3) is 0 Å². The Morgan fingerprint density at radius 1 is 1.05 bits per heavy atom. The second-order valence-corrected chi connectivity index (χ2v) is 4.89. The predicted octanol–water partition coefficient (Wildman–Crippen LogP) is 5.24. The molecule has 2 aromatic rings. The number of hydrogen-bond acceptors (Lipinski definition) is 1. The first-order chi connectivity index (χ1) is 9.85. The Labute approximate surface area is 120 Å². The first-order valence-electron chi connectivity index (χ1n) is 6.49. The summed E-state index contributed by atoms with van der Waals surface area (Å²) in [5.74, 6) is -0.446. The van der Waals surface area contributed by atoms with Crippen molar-refractivity contribution in [2.24, 2.45) is 0 Å². The predicted molar refractivity (Wildman–Crippen MR) is 74.6 cm³/mol. The first-order valence-corrected chi connectivity index (χ1v) is 6.49. The number of alkyl halides is 3. The van der Waals surface area contributed by atoms with Crippen LogP contribution in [0.3, 0.4) is 0 Å². The lowest BCUT2D eigenvalue weighted by molar-refractivity contribution is -0.137. The SMILES string of the molecule is Cc1ccc(NC(CC(F)(F)F)c2ccccc2)cc1F. The van der Waals surface area contributed by atoms with Crippen molar-refractivity contribution in [3.8, 4) is 0 Å². The van der Waals surface area contributed by atoms with Gasteiger partial charge < -0.3 is 5.32 Å². The van der Waals surface area contributed by atoms with Crippen LogP contribution in [-0.2, 0) is 0 Å². The Balaban J connectivity index is 2.25. The number of rotatable bonds is 4. The molecule has 112 valence electrons. The highest BCUT2D eigenvalue weighted by molar-refractivity contribution is 5.47. The topological polar surface area (TPSA) is 12.0 Å². The van der Waals surface area contributed by atoms with Crippen molar-refractivity contribution in [3.63, 3.8) is 0 Å². The number of aryl methyl sites for hydroxylation is 1. The van der Waals surface area contributed by atoms with E-state index in [0.29, 0.717) is 16.8 Å². The van der Waals surface area contributed by atoms with Crippen molar-refractivity contribution in [3.05, 3.63) is 65.5 Å². The highest BCUT2D eigenvalue weighted by atomic mass is 19.4. The molecule has 0 aliphatic heterocycles. The summed E-state index contributed by atoms with van der Waals surface area (Å²) in [7, 11) is 0. The molecule has 0 radical (unpaired) electrons. The van der Waals surface area contributed by atoms with Gasteiger partial charge in [0, 0.05) is 5.69 Å². The van der Waals surface area contributed by atoms with E-state index in [0.717, 1.165) is 0 Å². The van der Waals surface area contributed by atoms with Gasteiger partial charge in [0.25, 0.3) is 0 Å². The number of hydrogen-bond donors (Lipinski definition) is 1. The minimum atomic E-state index is -4.31. The number of benzene rings is 2. The van der Waals surface area contributed by atoms with Crippen LogP contribution in [0.5, 0.6) is 0 Å². The third-order valence-electron chi connectivity index (χ3n) is 3.15. The Kier molecular flexibility index (Phi) is 4.50. The smallest absolute Gasteiger partial charge is 0.378 e. The Bertz CT molecular complexity index is 593. The standard InChI is InChI=1S/C16H15F4N/c1-11-7-8-13(9-14(11)17)21-15(10-16(18,19)20)12-5-3-2-4-6-12/h2-9,15,21H,10H2,1H3. The molecule has 0 saturated carbocycles. The molecular weight excluding hydrogens is 282 g/mol. The molecule has 0 amide bonds. The van der Waals surface area contributed by atoms with Crippen LogP contribution >= 0.6 is 0 Å². The highest BCUT2D eigenvalue weighted by Gasteiger charge is 2.32. The second kappa shape index (κ2) is 6.16. The zero-order valence-corrected chi connectivity index (χ0v) is 11.4. The zero-order chi connectivity index (χ0) is 15.5. The first kappa shape index (κ1) is 15.4. The fourth-order valence-corrected chi connectivity index (χ4v) is 2.05. The molecule has 0 aromatic heterocycles. The van der Waals surface area contributed by atoms with E-state index in [1.54, 1.807) is 43.3 Å². The zero-order valence-electron chi connectivity index (χ0n) is 11.4. The second-order valence-electron chi connectivity index (χ2n) is 4.89. The van der Waals surface area contributed by atoms with Crippen LogP contribution in [0.15, 0.2) is 48.5 Å². The van der Waals surface area contributed by atoms with Gasteiger partial charge in [-0.15, -0.1) is 0 Å². The van der Waals surface area contributed by atoms with E-state index < -0.39 is 24.5 Å². The molecule has 21 heavy (non-hydrogen) atoms. The van der Waals surface area contributed by atoms with Crippen molar-refractivity contribution < 1.29 is 17.6 Å². The molecule has 1 nitrogen and oxygen atoms in total. The van der Waals surface area contributed by atoms with Crippen molar-refractivity contribution in [1.82, 2.24) is 0 Å². The van der Waals surface area contributed by atoms with Crippen LogP contribution in [0.1, 0.15) is 23.6 Å². The van der Waals surface area contributed by atoms with Crippen molar-refractivity contribution >= 4 is 5.69 Å². The molecule has 0 bridgehead atoms. The lowest BCUT2D eigenvalue weighted by Crippen LogP contribution is -2.20. The maximum absolute atomic E-state index is 13.5. The number of nitrogens with one attached hydrogen (secondary N) is 1. The molecule has 0 spiro atoms. The molecule has 0 fully saturated rings. The third-order valence-corrected chi connectivity index (χ3v) is 3.15. The van der Waals surface area contributed by atoms with Gasteiger partial charge in [0.1, 0.15) is 5.82 Å². The van der Waals surface area contributed by atoms with E-state index in [9.17, 15) is 17.6 Å². The van der Waals surface area contributed by atoms with Crippen molar-refractivity contribution in [2.75, 3.05) is 5.32 Å². The summed E-state index contributed by atoms with van der Waals surface area (Å²) < 4.78 is 51.7. The molecule has 1 unspecified atom stereocenters. The van der Waals surface area contributed by atoms with Gasteiger partial charge in [0.15, 0.2) is 0 Å². The molecule has 2 aromatic carbocycles. The average molecular weight is 297 g/mol. The van der Waals surface area contributed by atoms with Crippen LogP contribution in [0.4, 0.5) is 23.2 Å². The van der Waals surface area contributed by atoms with Gasteiger partial charge in [-0.3, -0.25) is 0 Å². The van der Waals surface area contributed by atoms with Gasteiger partial charge in [-0.1, -0.05) is 36.4 Å². The summed E-state index contributed by atoms with van der Waals surface area (Å²) in [5.41, 5.74) is 1.29. The Hall–Kier alpha value is -2.04. The van der Waals surface area contributed by atoms with Crippen molar-refractivity contribution in [2.45, 2.75) is 25.6 Å². The maximum atomic E-state index is 13.5. The molecule has 2 rings (SSSR count). The minimum Gasteiger partial charge on any atom is -0.378 e. The fraction of sp³-hybridized carbons (Fsp3) is 0.250. The molecule has 0 aliphatic rings. The molecule has 0 saturated heterocycles. The van der Waals surface area contributed by atoms with Crippen LogP contribution in [-0.4, -0.2) is 6.18 Å². The molecule has 0 heterocycles. The fourth-order valence-electron chi connectivity index (χ4n) is 2.05. The van der Waals surface area contributed by atoms with Gasteiger partial charge in [0.05, 0.1) is 12.5 Å². The lowest BCUT2D eigenvalue weighted by Gasteiger charge is -2.22. The summed E-state index contributed by atoms with van der Waals surface area (Å²) in [6, 6.07) is 11.7. The van der Waals surface area contributed by atoms with Crippen LogP contribution in [0, 0.1) is 12.7 Å². The van der Waals surface area contributed by atoms with Gasteiger partial charge in [0.2, 0.25) is 0 Å². The minimum absolute atomic E-state index is 0.330. The van der Waals surface area contributed by atoms with Crippen LogP contribution < -0.4 is 5.32 Å². The largest absolute Gasteiger partial charge is 0.391 e. The number of anilines is 1. The quantitative estimate of drug-likeness (QED) is 0.761. The van der Waals surface area contributed by atoms with E-state index in [2.05, 4.69) is 5.32 Å². The van der Waals surface area contributed by atoms with Crippen LogP contribution in [0.2, 0.25) is 0 Å². The van der Waals surface area contributed by atoms with E-state index in [1.807, 2.05) is 0 Å². The van der Waals surface area contributed by atoms with E-state index in [4.69, 9.17) is 0 Å². The molecule has 1 N–H and O–H groups in total.